The Balaban J connectivity index is 2.42. The number of nitrogens with zero attached hydrogens (tertiary/aromatic N) is 4. The summed E-state index contributed by atoms with van der Waals surface area (Å²) < 4.78 is 0. The molecule has 23 heavy (non-hydrogen) atoms. The van der Waals surface area contributed by atoms with Crippen molar-refractivity contribution in [3.05, 3.63) is 69.6 Å². The fourth-order valence-corrected chi connectivity index (χ4v) is 2.19. The molecule has 0 saturated heterocycles. The van der Waals surface area contributed by atoms with E-state index >= 15 is 0 Å². The molecule has 0 amide bonds. The van der Waals surface area contributed by atoms with E-state index in [1.54, 1.807) is 42.5 Å². The van der Waals surface area contributed by atoms with E-state index in [2.05, 4.69) is 11.1 Å². The van der Waals surface area contributed by atoms with Crippen molar-refractivity contribution in [2.75, 3.05) is 0 Å². The van der Waals surface area contributed by atoms with Crippen LogP contribution in [0.5, 0.6) is 0 Å². The zero-order chi connectivity index (χ0) is 16.8. The van der Waals surface area contributed by atoms with Gasteiger partial charge in [0.1, 0.15) is 17.9 Å². The van der Waals surface area contributed by atoms with Crippen LogP contribution in [-0.4, -0.2) is 11.6 Å². The van der Waals surface area contributed by atoms with Crippen LogP contribution in [0.3, 0.4) is 0 Å². The van der Waals surface area contributed by atoms with Gasteiger partial charge in [-0.2, -0.15) is 10.5 Å². The van der Waals surface area contributed by atoms with Gasteiger partial charge in [0.05, 0.1) is 11.3 Å². The van der Waals surface area contributed by atoms with Crippen molar-refractivity contribution in [3.63, 3.8) is 0 Å². The van der Waals surface area contributed by atoms with E-state index in [1.807, 2.05) is 18.9 Å². The molecule has 0 atom stereocenters. The van der Waals surface area contributed by atoms with Crippen molar-refractivity contribution in [3.8, 4) is 12.1 Å². The highest BCUT2D eigenvalue weighted by atomic mass is 35.5. The van der Waals surface area contributed by atoms with E-state index in [-0.39, 0.29) is 11.3 Å². The van der Waals surface area contributed by atoms with Crippen LogP contribution in [0.2, 0.25) is 5.02 Å². The lowest BCUT2D eigenvalue weighted by molar-refractivity contribution is 1.39. The second kappa shape index (κ2) is 7.20. The molecule has 110 valence electrons. The summed E-state index contributed by atoms with van der Waals surface area (Å²) in [6.07, 6.45) is 0. The van der Waals surface area contributed by atoms with Crippen LogP contribution in [0.15, 0.2) is 47.5 Å². The van der Waals surface area contributed by atoms with E-state index in [9.17, 15) is 5.26 Å². The van der Waals surface area contributed by atoms with Crippen molar-refractivity contribution in [1.82, 2.24) is 0 Å². The summed E-state index contributed by atoms with van der Waals surface area (Å²) in [6, 6.07) is 15.7. The highest BCUT2D eigenvalue weighted by Gasteiger charge is 2.06. The summed E-state index contributed by atoms with van der Waals surface area (Å²) in [5.74, 6) is 1.83. The maximum Gasteiger partial charge on any atom is 0.148 e. The van der Waals surface area contributed by atoms with Crippen molar-refractivity contribution in [2.24, 2.45) is 4.99 Å². The monoisotopic (exact) mass is 317 g/mol. The molecule has 4 nitrogen and oxygen atoms in total. The van der Waals surface area contributed by atoms with Crippen LogP contribution in [0.4, 0.5) is 5.69 Å². The molecule has 0 aliphatic rings. The molecule has 2 aromatic carbocycles. The van der Waals surface area contributed by atoms with Gasteiger partial charge in [-0.1, -0.05) is 35.9 Å². The highest BCUT2D eigenvalue weighted by molar-refractivity contribution is 6.30. The third-order valence-electron chi connectivity index (χ3n) is 3.17. The molecule has 0 aliphatic heterocycles. The number of allylic oxidation sites excluding steroid dienone is 1. The minimum Gasteiger partial charge on any atom is -0.762 e. The largest absolute Gasteiger partial charge is 0.762 e. The van der Waals surface area contributed by atoms with Gasteiger partial charge in [0, 0.05) is 10.6 Å². The SMILES string of the molecule is Cc1cc(Cl)ccc1N=C(C#N)c1ccc(C(=C=[N-])C#N)cc1. The average molecular weight is 318 g/mol. The first-order chi connectivity index (χ1) is 11.1. The van der Waals surface area contributed by atoms with E-state index in [1.165, 1.54) is 0 Å². The van der Waals surface area contributed by atoms with Crippen molar-refractivity contribution < 1.29 is 0 Å². The minimum atomic E-state index is 0.0283. The van der Waals surface area contributed by atoms with Gasteiger partial charge >= 0.3 is 0 Å². The molecular weight excluding hydrogens is 308 g/mol. The molecule has 0 bridgehead atoms. The fourth-order valence-electron chi connectivity index (χ4n) is 1.97. The van der Waals surface area contributed by atoms with E-state index < -0.39 is 0 Å². The molecule has 0 unspecified atom stereocenters. The van der Waals surface area contributed by atoms with Crippen LogP contribution in [0.25, 0.3) is 11.0 Å². The summed E-state index contributed by atoms with van der Waals surface area (Å²) >= 11 is 5.91. The van der Waals surface area contributed by atoms with Gasteiger partial charge in [0.15, 0.2) is 0 Å². The van der Waals surface area contributed by atoms with Gasteiger partial charge < -0.3 is 5.41 Å². The molecule has 0 fully saturated rings. The summed E-state index contributed by atoms with van der Waals surface area (Å²) in [5.41, 5.74) is 2.93. The first-order valence-corrected chi connectivity index (χ1v) is 6.99. The first-order valence-electron chi connectivity index (χ1n) is 6.62. The Morgan fingerprint density at radius 3 is 2.22 bits per heavy atom. The van der Waals surface area contributed by atoms with Crippen LogP contribution in [-0.2, 0) is 0 Å². The van der Waals surface area contributed by atoms with Crippen LogP contribution in [0.1, 0.15) is 16.7 Å². The van der Waals surface area contributed by atoms with Gasteiger partial charge in [-0.3, -0.25) is 0 Å². The van der Waals surface area contributed by atoms with Crippen molar-refractivity contribution in [2.45, 2.75) is 6.92 Å². The Morgan fingerprint density at radius 1 is 1.04 bits per heavy atom. The number of nitriles is 2. The van der Waals surface area contributed by atoms with Crippen LogP contribution in [0, 0.1) is 29.6 Å². The quantitative estimate of drug-likeness (QED) is 0.619. The van der Waals surface area contributed by atoms with Crippen LogP contribution >= 0.6 is 11.6 Å². The maximum atomic E-state index is 9.34. The normalized spacial score (nSPS) is 10.3. The number of halogens is 1. The van der Waals surface area contributed by atoms with Crippen molar-refractivity contribution >= 4 is 34.4 Å². The second-order valence-corrected chi connectivity index (χ2v) is 5.12. The second-order valence-electron chi connectivity index (χ2n) is 4.68. The van der Waals surface area contributed by atoms with Gasteiger partial charge in [-0.25, -0.2) is 10.9 Å². The van der Waals surface area contributed by atoms with Crippen LogP contribution < -0.4 is 0 Å². The number of rotatable bonds is 3. The summed E-state index contributed by atoms with van der Waals surface area (Å²) in [6.45, 7) is 1.86. The lowest BCUT2D eigenvalue weighted by Crippen LogP contribution is -1.97. The summed E-state index contributed by atoms with van der Waals surface area (Å²) in [4.78, 5) is 4.36. The van der Waals surface area contributed by atoms with Gasteiger partial charge in [0.2, 0.25) is 0 Å². The molecule has 2 aromatic rings. The Kier molecular flexibility index (Phi) is 5.07. The molecule has 0 N–H and O–H groups in total. The third kappa shape index (κ3) is 3.73. The third-order valence-corrected chi connectivity index (χ3v) is 3.40. The predicted molar refractivity (Wildman–Crippen MR) is 91.8 cm³/mol. The molecule has 0 aromatic heterocycles. The molecule has 5 heteroatoms. The minimum absolute atomic E-state index is 0.0283. The van der Waals surface area contributed by atoms with Crippen molar-refractivity contribution in [1.29, 1.82) is 10.5 Å². The first kappa shape index (κ1) is 16.2. The maximum absolute atomic E-state index is 9.34. The Bertz CT molecular complexity index is 906. The molecule has 0 heterocycles. The average Bonchev–Trinajstić information content (AvgIpc) is 2.56. The van der Waals surface area contributed by atoms with E-state index in [0.717, 1.165) is 5.56 Å². The zero-order valence-corrected chi connectivity index (χ0v) is 13.0. The Morgan fingerprint density at radius 2 is 1.70 bits per heavy atom. The summed E-state index contributed by atoms with van der Waals surface area (Å²) in [5, 5.41) is 27.7. The molecule has 0 radical (unpaired) electrons. The molecule has 2 rings (SSSR count). The Labute approximate surface area is 139 Å². The number of benzene rings is 2. The van der Waals surface area contributed by atoms with Gasteiger partial charge in [-0.15, -0.1) is 0 Å². The van der Waals surface area contributed by atoms with E-state index in [4.69, 9.17) is 22.3 Å². The lowest BCUT2D eigenvalue weighted by Gasteiger charge is -2.04. The summed E-state index contributed by atoms with van der Waals surface area (Å²) in [7, 11) is 0. The van der Waals surface area contributed by atoms with Gasteiger partial charge in [-0.05, 0) is 36.2 Å². The number of aliphatic imine (C=N–C) groups is 1. The number of hydrogen-bond acceptors (Lipinski definition) is 3. The number of hydrogen-bond donors (Lipinski definition) is 0. The fraction of sp³-hybridized carbons (Fsp3) is 0.0556. The smallest absolute Gasteiger partial charge is 0.148 e. The molecule has 0 spiro atoms. The predicted octanol–water partition coefficient (Wildman–Crippen LogP) is 4.44. The van der Waals surface area contributed by atoms with Gasteiger partial charge in [0.25, 0.3) is 0 Å². The standard InChI is InChI=1S/C18H10ClN4/c1-12-8-16(19)6-7-17(12)23-18(11-22)14-4-2-13(3-5-14)15(9-20)10-21/h2-8H,1H3/q-1. The molecule has 0 aliphatic carbocycles. The zero-order valence-electron chi connectivity index (χ0n) is 12.2. The van der Waals surface area contributed by atoms with E-state index in [0.29, 0.717) is 21.8 Å². The molecule has 0 saturated carbocycles. The Hall–Kier alpha value is -3.17. The highest BCUT2D eigenvalue weighted by Crippen LogP contribution is 2.23. The topological polar surface area (TPSA) is 82.2 Å². The number of aryl methyl sites for hydroxylation is 1. The lowest BCUT2D eigenvalue weighted by atomic mass is 10.0. The molecular formula is C18H10ClN4-.